The molecule has 146 valence electrons. The maximum atomic E-state index is 12.1. The third kappa shape index (κ3) is 8.77. The molecule has 1 heterocycles. The molecule has 3 N–H and O–H groups in total. The molecule has 0 aromatic carbocycles. The van der Waals surface area contributed by atoms with Gasteiger partial charge in [0.05, 0.1) is 0 Å². The Morgan fingerprint density at radius 2 is 1.88 bits per heavy atom. The molecule has 1 saturated heterocycles. The molecule has 2 aliphatic rings. The summed E-state index contributed by atoms with van der Waals surface area (Å²) in [4.78, 5) is 25.9. The Morgan fingerprint density at radius 3 is 2.60 bits per heavy atom. The second-order valence-electron chi connectivity index (χ2n) is 7.24. The Morgan fingerprint density at radius 1 is 1.12 bits per heavy atom. The fraction of sp³-hybridized carbons (Fsp3) is 0.889. The molecule has 1 atom stereocenters. The van der Waals surface area contributed by atoms with Crippen molar-refractivity contribution >= 4 is 24.3 Å². The molecule has 0 bridgehead atoms. The summed E-state index contributed by atoms with van der Waals surface area (Å²) >= 11 is 0. The number of nitrogens with zero attached hydrogens (tertiary/aromatic N) is 1. The second-order valence-corrected chi connectivity index (χ2v) is 7.24. The molecule has 1 aliphatic heterocycles. The van der Waals surface area contributed by atoms with Crippen molar-refractivity contribution in [3.05, 3.63) is 0 Å². The molecule has 25 heavy (non-hydrogen) atoms. The van der Waals surface area contributed by atoms with E-state index in [1.165, 1.54) is 19.3 Å². The van der Waals surface area contributed by atoms with E-state index in [1.54, 1.807) is 0 Å². The Hall–Kier alpha value is -1.01. The molecule has 1 aliphatic carbocycles. The van der Waals surface area contributed by atoms with Crippen molar-refractivity contribution in [1.29, 1.82) is 0 Å². The number of hydrogen-bond acceptors (Lipinski definition) is 3. The van der Waals surface area contributed by atoms with Crippen LogP contribution in [0.15, 0.2) is 0 Å². The number of urea groups is 1. The number of carbonyl (C=O) groups excluding carboxylic acids is 2. The average molecular weight is 375 g/mol. The Kier molecular flexibility index (Phi) is 10.9. The van der Waals surface area contributed by atoms with Gasteiger partial charge in [0.25, 0.3) is 0 Å². The van der Waals surface area contributed by atoms with E-state index in [0.717, 1.165) is 51.7 Å². The highest BCUT2D eigenvalue weighted by Gasteiger charge is 2.19. The lowest BCUT2D eigenvalue weighted by atomic mass is 9.96. The summed E-state index contributed by atoms with van der Waals surface area (Å²) in [5.41, 5.74) is 0. The van der Waals surface area contributed by atoms with Gasteiger partial charge in [0.15, 0.2) is 0 Å². The summed E-state index contributed by atoms with van der Waals surface area (Å²) in [7, 11) is 0. The molecular formula is C18H35ClN4O2. The highest BCUT2D eigenvalue weighted by Crippen LogP contribution is 2.17. The van der Waals surface area contributed by atoms with Crippen LogP contribution in [0.3, 0.4) is 0 Å². The number of nitrogens with one attached hydrogen (secondary N) is 3. The van der Waals surface area contributed by atoms with Crippen LogP contribution in [-0.4, -0.2) is 55.1 Å². The minimum atomic E-state index is -0.0345. The number of rotatable bonds is 7. The lowest BCUT2D eigenvalue weighted by molar-refractivity contribution is -0.132. The molecule has 0 spiro atoms. The maximum Gasteiger partial charge on any atom is 0.315 e. The summed E-state index contributed by atoms with van der Waals surface area (Å²) in [6, 6.07) is 0.722. The molecule has 3 amide bonds. The highest BCUT2D eigenvalue weighted by atomic mass is 35.5. The van der Waals surface area contributed by atoms with Crippen molar-refractivity contribution < 1.29 is 9.59 Å². The third-order valence-electron chi connectivity index (χ3n) is 5.01. The average Bonchev–Trinajstić information content (AvgIpc) is 2.58. The standard InChI is InChI=1S/C18H34N4O2.ClH/c1-15-14-22(13-12-19-15)17(23)10-6-3-7-11-20-18(24)21-16-8-4-2-5-9-16;/h15-16,19H,2-14H2,1H3,(H2,20,21,24);1H. The first kappa shape index (κ1) is 22.0. The smallest absolute Gasteiger partial charge is 0.315 e. The van der Waals surface area contributed by atoms with Crippen molar-refractivity contribution in [2.75, 3.05) is 26.2 Å². The van der Waals surface area contributed by atoms with Gasteiger partial charge in [-0.15, -0.1) is 12.4 Å². The minimum absolute atomic E-state index is 0. The summed E-state index contributed by atoms with van der Waals surface area (Å²) < 4.78 is 0. The van der Waals surface area contributed by atoms with E-state index in [-0.39, 0.29) is 24.3 Å². The highest BCUT2D eigenvalue weighted by molar-refractivity contribution is 5.85. The van der Waals surface area contributed by atoms with Crippen LogP contribution < -0.4 is 16.0 Å². The van der Waals surface area contributed by atoms with E-state index in [9.17, 15) is 9.59 Å². The van der Waals surface area contributed by atoms with Gasteiger partial charge >= 0.3 is 6.03 Å². The van der Waals surface area contributed by atoms with Gasteiger partial charge in [-0.1, -0.05) is 25.7 Å². The van der Waals surface area contributed by atoms with Gasteiger partial charge in [0.1, 0.15) is 0 Å². The van der Waals surface area contributed by atoms with Gasteiger partial charge in [0.2, 0.25) is 5.91 Å². The Balaban J connectivity index is 0.00000312. The largest absolute Gasteiger partial charge is 0.340 e. The van der Waals surface area contributed by atoms with Crippen LogP contribution in [0.5, 0.6) is 0 Å². The van der Waals surface area contributed by atoms with E-state index in [0.29, 0.717) is 25.0 Å². The molecule has 0 aromatic heterocycles. The van der Waals surface area contributed by atoms with E-state index in [2.05, 4.69) is 22.9 Å². The van der Waals surface area contributed by atoms with Gasteiger partial charge in [-0.05, 0) is 32.6 Å². The van der Waals surface area contributed by atoms with Gasteiger partial charge in [-0.2, -0.15) is 0 Å². The zero-order chi connectivity index (χ0) is 17.2. The van der Waals surface area contributed by atoms with Crippen LogP contribution in [0.1, 0.15) is 64.7 Å². The molecule has 7 heteroatoms. The lowest BCUT2D eigenvalue weighted by Gasteiger charge is -2.32. The van der Waals surface area contributed by atoms with Crippen molar-refractivity contribution in [3.8, 4) is 0 Å². The zero-order valence-corrected chi connectivity index (χ0v) is 16.3. The van der Waals surface area contributed by atoms with Crippen molar-refractivity contribution in [3.63, 3.8) is 0 Å². The van der Waals surface area contributed by atoms with Gasteiger partial charge < -0.3 is 20.9 Å². The van der Waals surface area contributed by atoms with Crippen LogP contribution in [0, 0.1) is 0 Å². The number of piperazine rings is 1. The Labute approximate surface area is 158 Å². The molecule has 1 unspecified atom stereocenters. The molecule has 6 nitrogen and oxygen atoms in total. The van der Waals surface area contributed by atoms with Crippen molar-refractivity contribution in [1.82, 2.24) is 20.9 Å². The molecular weight excluding hydrogens is 340 g/mol. The Bertz CT molecular complexity index is 403. The predicted octanol–water partition coefficient (Wildman–Crippen LogP) is 2.42. The first-order valence-corrected chi connectivity index (χ1v) is 9.70. The molecule has 0 radical (unpaired) electrons. The summed E-state index contributed by atoms with van der Waals surface area (Å²) in [5, 5.41) is 9.34. The van der Waals surface area contributed by atoms with Crippen LogP contribution >= 0.6 is 12.4 Å². The number of carbonyl (C=O) groups is 2. The van der Waals surface area contributed by atoms with Gasteiger partial charge in [0, 0.05) is 44.7 Å². The maximum absolute atomic E-state index is 12.1. The first-order valence-electron chi connectivity index (χ1n) is 9.70. The SMILES string of the molecule is CC1CN(C(=O)CCCCCNC(=O)NC2CCCCC2)CCN1.Cl. The predicted molar refractivity (Wildman–Crippen MR) is 103 cm³/mol. The van der Waals surface area contributed by atoms with E-state index >= 15 is 0 Å². The van der Waals surface area contributed by atoms with E-state index in [4.69, 9.17) is 0 Å². The number of halogens is 1. The van der Waals surface area contributed by atoms with Crippen molar-refractivity contribution in [2.45, 2.75) is 76.8 Å². The van der Waals surface area contributed by atoms with Crippen LogP contribution in [-0.2, 0) is 4.79 Å². The zero-order valence-electron chi connectivity index (χ0n) is 15.5. The quantitative estimate of drug-likeness (QED) is 0.599. The topological polar surface area (TPSA) is 73.5 Å². The second kappa shape index (κ2) is 12.4. The number of amides is 3. The fourth-order valence-corrected chi connectivity index (χ4v) is 3.58. The monoisotopic (exact) mass is 374 g/mol. The van der Waals surface area contributed by atoms with Crippen LogP contribution in [0.2, 0.25) is 0 Å². The summed E-state index contributed by atoms with van der Waals surface area (Å²) in [6.45, 7) is 5.35. The van der Waals surface area contributed by atoms with E-state index < -0.39 is 0 Å². The fourth-order valence-electron chi connectivity index (χ4n) is 3.58. The van der Waals surface area contributed by atoms with Crippen LogP contribution in [0.25, 0.3) is 0 Å². The van der Waals surface area contributed by atoms with Gasteiger partial charge in [-0.3, -0.25) is 4.79 Å². The third-order valence-corrected chi connectivity index (χ3v) is 5.01. The lowest BCUT2D eigenvalue weighted by Crippen LogP contribution is -2.51. The molecule has 0 aromatic rings. The van der Waals surface area contributed by atoms with Crippen LogP contribution in [0.4, 0.5) is 4.79 Å². The van der Waals surface area contributed by atoms with Gasteiger partial charge in [-0.25, -0.2) is 4.79 Å². The first-order chi connectivity index (χ1) is 11.6. The molecule has 2 rings (SSSR count). The normalized spacial score (nSPS) is 21.3. The van der Waals surface area contributed by atoms with Crippen molar-refractivity contribution in [2.24, 2.45) is 0 Å². The summed E-state index contributed by atoms with van der Waals surface area (Å²) in [6.07, 6.45) is 9.42. The number of hydrogen-bond donors (Lipinski definition) is 3. The number of unbranched alkanes of at least 4 members (excludes halogenated alkanes) is 2. The molecule has 1 saturated carbocycles. The molecule has 2 fully saturated rings. The summed E-state index contributed by atoms with van der Waals surface area (Å²) in [5.74, 6) is 0.270. The minimum Gasteiger partial charge on any atom is -0.340 e. The van der Waals surface area contributed by atoms with E-state index in [1.807, 2.05) is 4.90 Å².